The van der Waals surface area contributed by atoms with Crippen LogP contribution in [-0.2, 0) is 12.8 Å². The highest BCUT2D eigenvalue weighted by Gasteiger charge is 2.25. The molecule has 0 radical (unpaired) electrons. The van der Waals surface area contributed by atoms with Crippen LogP contribution in [0.25, 0.3) is 11.0 Å². The molecule has 4 rings (SSSR count). The second kappa shape index (κ2) is 5.45. The molecule has 0 unspecified atom stereocenters. The summed E-state index contributed by atoms with van der Waals surface area (Å²) in [7, 11) is 0. The minimum absolute atomic E-state index is 0.0755. The van der Waals surface area contributed by atoms with Crippen LogP contribution in [0.15, 0.2) is 51.7 Å². The van der Waals surface area contributed by atoms with Crippen molar-refractivity contribution in [3.05, 3.63) is 80.7 Å². The third-order valence-electron chi connectivity index (χ3n) is 4.82. The first-order valence-electron chi connectivity index (χ1n) is 8.19. The summed E-state index contributed by atoms with van der Waals surface area (Å²) in [6.45, 7) is 3.39. The quantitative estimate of drug-likeness (QED) is 0.666. The Morgan fingerprint density at radius 1 is 1.08 bits per heavy atom. The number of benzene rings is 2. The molecule has 3 aromatic rings. The van der Waals surface area contributed by atoms with Crippen molar-refractivity contribution in [2.75, 3.05) is 0 Å². The Kier molecular flexibility index (Phi) is 3.38. The van der Waals surface area contributed by atoms with E-state index in [-0.39, 0.29) is 17.1 Å². The molecule has 0 fully saturated rings. The normalized spacial score (nSPS) is 14.1. The van der Waals surface area contributed by atoms with Crippen LogP contribution in [0.3, 0.4) is 0 Å². The monoisotopic (exact) mass is 318 g/mol. The molecule has 3 heteroatoms. The highest BCUT2D eigenvalue weighted by atomic mass is 16.3. The number of hydrogen-bond donors (Lipinski definition) is 0. The summed E-state index contributed by atoms with van der Waals surface area (Å²) >= 11 is 0. The molecule has 0 saturated carbocycles. The molecule has 1 heterocycles. The van der Waals surface area contributed by atoms with Crippen molar-refractivity contribution >= 4 is 16.8 Å². The van der Waals surface area contributed by atoms with Crippen LogP contribution < -0.4 is 5.43 Å². The maximum absolute atomic E-state index is 12.6. The van der Waals surface area contributed by atoms with Gasteiger partial charge in [-0.1, -0.05) is 24.3 Å². The van der Waals surface area contributed by atoms with Crippen LogP contribution in [0.1, 0.15) is 45.7 Å². The van der Waals surface area contributed by atoms with E-state index in [1.807, 2.05) is 19.1 Å². The Balaban J connectivity index is 1.87. The van der Waals surface area contributed by atoms with E-state index < -0.39 is 0 Å². The predicted molar refractivity (Wildman–Crippen MR) is 93.8 cm³/mol. The van der Waals surface area contributed by atoms with Gasteiger partial charge >= 0.3 is 0 Å². The van der Waals surface area contributed by atoms with E-state index in [1.54, 1.807) is 18.2 Å². The molecule has 0 aliphatic heterocycles. The van der Waals surface area contributed by atoms with Gasteiger partial charge in [0.1, 0.15) is 11.3 Å². The average Bonchev–Trinajstić information content (AvgIpc) is 2.98. The second-order valence-corrected chi connectivity index (χ2v) is 6.63. The lowest BCUT2D eigenvalue weighted by Crippen LogP contribution is -2.09. The number of ketones is 1. The Morgan fingerprint density at radius 3 is 2.38 bits per heavy atom. The van der Waals surface area contributed by atoms with Gasteiger partial charge < -0.3 is 4.42 Å². The molecule has 1 aliphatic carbocycles. The van der Waals surface area contributed by atoms with Gasteiger partial charge in [-0.15, -0.1) is 0 Å². The summed E-state index contributed by atoms with van der Waals surface area (Å²) in [6, 6.07) is 13.5. The summed E-state index contributed by atoms with van der Waals surface area (Å²) in [5.41, 5.74) is 4.34. The van der Waals surface area contributed by atoms with E-state index >= 15 is 0 Å². The second-order valence-electron chi connectivity index (χ2n) is 6.63. The van der Waals surface area contributed by atoms with Gasteiger partial charge in [-0.05, 0) is 55.5 Å². The van der Waals surface area contributed by atoms with Gasteiger partial charge in [-0.25, -0.2) is 0 Å². The van der Waals surface area contributed by atoms with Gasteiger partial charge in [-0.3, -0.25) is 9.59 Å². The molecular formula is C21H18O3. The molecule has 1 aromatic heterocycles. The van der Waals surface area contributed by atoms with E-state index in [0.717, 1.165) is 18.4 Å². The molecular weight excluding hydrogens is 300 g/mol. The molecule has 0 saturated heterocycles. The van der Waals surface area contributed by atoms with E-state index in [2.05, 4.69) is 12.1 Å². The van der Waals surface area contributed by atoms with Crippen molar-refractivity contribution in [3.63, 3.8) is 0 Å². The molecule has 2 aromatic carbocycles. The van der Waals surface area contributed by atoms with Gasteiger partial charge in [0.15, 0.2) is 11.2 Å². The fraction of sp³-hybridized carbons (Fsp3) is 0.238. The van der Waals surface area contributed by atoms with Crippen molar-refractivity contribution in [2.24, 2.45) is 0 Å². The highest BCUT2D eigenvalue weighted by Crippen LogP contribution is 2.34. The number of carbonyl (C=O) groups is 1. The Bertz CT molecular complexity index is 1000. The first-order valence-corrected chi connectivity index (χ1v) is 8.19. The Morgan fingerprint density at radius 2 is 1.75 bits per heavy atom. The van der Waals surface area contributed by atoms with Crippen molar-refractivity contribution in [3.8, 4) is 0 Å². The number of hydrogen-bond acceptors (Lipinski definition) is 3. The summed E-state index contributed by atoms with van der Waals surface area (Å²) in [5.74, 6) is 0.745. The smallest absolute Gasteiger partial charge is 0.192 e. The predicted octanol–water partition coefficient (Wildman–Crippen LogP) is 4.19. The average molecular weight is 318 g/mol. The molecule has 1 aliphatic rings. The largest absolute Gasteiger partial charge is 0.460 e. The maximum atomic E-state index is 12.6. The van der Waals surface area contributed by atoms with Crippen molar-refractivity contribution in [2.45, 2.75) is 32.6 Å². The van der Waals surface area contributed by atoms with Crippen molar-refractivity contribution in [1.82, 2.24) is 0 Å². The molecule has 0 amide bonds. The van der Waals surface area contributed by atoms with E-state index in [1.165, 1.54) is 18.1 Å². The lowest BCUT2D eigenvalue weighted by atomic mass is 10.00. The van der Waals surface area contributed by atoms with Crippen LogP contribution in [0.5, 0.6) is 0 Å². The summed E-state index contributed by atoms with van der Waals surface area (Å²) < 4.78 is 6.08. The van der Waals surface area contributed by atoms with Gasteiger partial charge in [0.2, 0.25) is 0 Å². The van der Waals surface area contributed by atoms with Gasteiger partial charge in [-0.2, -0.15) is 0 Å². The minimum atomic E-state index is -0.0845. The Hall–Kier alpha value is -2.68. The number of rotatable bonds is 2. The highest BCUT2D eigenvalue weighted by molar-refractivity contribution is 6.05. The summed E-state index contributed by atoms with van der Waals surface area (Å²) in [6.07, 6.45) is 1.73. The third kappa shape index (κ3) is 2.37. The van der Waals surface area contributed by atoms with Gasteiger partial charge in [0, 0.05) is 12.0 Å². The van der Waals surface area contributed by atoms with E-state index in [0.29, 0.717) is 22.3 Å². The maximum Gasteiger partial charge on any atom is 0.192 e. The summed E-state index contributed by atoms with van der Waals surface area (Å²) in [4.78, 5) is 24.6. The zero-order chi connectivity index (χ0) is 16.8. The van der Waals surface area contributed by atoms with Crippen molar-refractivity contribution in [1.29, 1.82) is 0 Å². The standard InChI is InChI=1S/C21H18O3/c1-12-7-17(13(2)22)21-18(8-12)19(23)11-20(24-21)16-9-14-5-3-4-6-15(14)10-16/h3-8,11,16H,9-10H2,1-2H3. The molecule has 3 nitrogen and oxygen atoms in total. The van der Waals surface area contributed by atoms with Crippen LogP contribution >= 0.6 is 0 Å². The topological polar surface area (TPSA) is 47.3 Å². The number of aryl methyl sites for hydroxylation is 1. The molecule has 0 atom stereocenters. The zero-order valence-corrected chi connectivity index (χ0v) is 13.8. The van der Waals surface area contributed by atoms with E-state index in [4.69, 9.17) is 4.42 Å². The van der Waals surface area contributed by atoms with Crippen molar-refractivity contribution < 1.29 is 9.21 Å². The SMILES string of the molecule is CC(=O)c1cc(C)cc2c(=O)cc(C3Cc4ccccc4C3)oc12. The van der Waals surface area contributed by atoms with E-state index in [9.17, 15) is 9.59 Å². The number of carbonyl (C=O) groups excluding carboxylic acids is 1. The molecule has 0 N–H and O–H groups in total. The molecule has 0 bridgehead atoms. The van der Waals surface area contributed by atoms with Gasteiger partial charge in [0.05, 0.1) is 10.9 Å². The first-order chi connectivity index (χ1) is 11.5. The van der Waals surface area contributed by atoms with Crippen LogP contribution in [0.4, 0.5) is 0 Å². The molecule has 0 spiro atoms. The summed E-state index contributed by atoms with van der Waals surface area (Å²) in [5, 5.41) is 0.486. The lowest BCUT2D eigenvalue weighted by molar-refractivity contribution is 0.101. The third-order valence-corrected chi connectivity index (χ3v) is 4.82. The van der Waals surface area contributed by atoms with Crippen LogP contribution in [-0.4, -0.2) is 5.78 Å². The fourth-order valence-corrected chi connectivity index (χ4v) is 3.64. The number of Topliss-reactive ketones (excluding diaryl/α,β-unsaturated/α-hetero) is 1. The number of fused-ring (bicyclic) bond motifs is 2. The zero-order valence-electron chi connectivity index (χ0n) is 13.8. The fourth-order valence-electron chi connectivity index (χ4n) is 3.64. The first kappa shape index (κ1) is 14.9. The van der Waals surface area contributed by atoms with Gasteiger partial charge in [0.25, 0.3) is 0 Å². The van der Waals surface area contributed by atoms with Crippen LogP contribution in [0, 0.1) is 6.92 Å². The minimum Gasteiger partial charge on any atom is -0.460 e. The Labute approximate surface area is 139 Å². The molecule has 24 heavy (non-hydrogen) atoms. The molecule has 120 valence electrons. The lowest BCUT2D eigenvalue weighted by Gasteiger charge is -2.11. The van der Waals surface area contributed by atoms with Crippen LogP contribution in [0.2, 0.25) is 0 Å².